The molecule has 0 aliphatic rings. The molecule has 2 rings (SSSR count). The zero-order valence-corrected chi connectivity index (χ0v) is 12.4. The van der Waals surface area contributed by atoms with E-state index in [0.29, 0.717) is 0 Å². The fraction of sp³-hybridized carbons (Fsp3) is 0.333. The summed E-state index contributed by atoms with van der Waals surface area (Å²) >= 11 is 0. The zero-order chi connectivity index (χ0) is 14.2. The lowest BCUT2D eigenvalue weighted by atomic mass is 10.1. The third-order valence-corrected chi connectivity index (χ3v) is 3.20. The van der Waals surface area contributed by atoms with Crippen molar-refractivity contribution in [3.05, 3.63) is 59.7 Å². The Morgan fingerprint density at radius 2 is 1.55 bits per heavy atom. The molecule has 0 bridgehead atoms. The molecule has 2 aromatic carbocycles. The van der Waals surface area contributed by atoms with Gasteiger partial charge in [-0.1, -0.05) is 38.1 Å². The summed E-state index contributed by atoms with van der Waals surface area (Å²) in [6.45, 7) is 6.26. The molecule has 0 unspecified atom stereocenters. The predicted octanol–water partition coefficient (Wildman–Crippen LogP) is 4.54. The van der Waals surface area contributed by atoms with E-state index in [1.54, 1.807) is 0 Å². The van der Waals surface area contributed by atoms with Crippen LogP contribution in [0, 0.1) is 0 Å². The van der Waals surface area contributed by atoms with Gasteiger partial charge in [0.2, 0.25) is 0 Å². The Labute approximate surface area is 121 Å². The molecule has 106 valence electrons. The average molecular weight is 269 g/mol. The van der Waals surface area contributed by atoms with Crippen LogP contribution in [-0.2, 0) is 13.0 Å². The van der Waals surface area contributed by atoms with E-state index in [4.69, 9.17) is 4.74 Å². The van der Waals surface area contributed by atoms with E-state index in [1.165, 1.54) is 11.1 Å². The average Bonchev–Trinajstić information content (AvgIpc) is 2.48. The van der Waals surface area contributed by atoms with Crippen molar-refractivity contribution < 1.29 is 4.74 Å². The molecule has 0 saturated heterocycles. The van der Waals surface area contributed by atoms with Crippen LogP contribution in [0.2, 0.25) is 0 Å². The second kappa shape index (κ2) is 7.71. The first-order valence-electron chi connectivity index (χ1n) is 7.38. The van der Waals surface area contributed by atoms with Gasteiger partial charge in [0.05, 0.1) is 0 Å². The minimum Gasteiger partial charge on any atom is -0.457 e. The zero-order valence-electron chi connectivity index (χ0n) is 12.4. The van der Waals surface area contributed by atoms with Crippen LogP contribution in [0.1, 0.15) is 31.4 Å². The molecule has 0 aromatic heterocycles. The van der Waals surface area contributed by atoms with Crippen LogP contribution in [-0.4, -0.2) is 6.54 Å². The summed E-state index contributed by atoms with van der Waals surface area (Å²) in [4.78, 5) is 0. The summed E-state index contributed by atoms with van der Waals surface area (Å²) in [5.41, 5.74) is 2.55. The van der Waals surface area contributed by atoms with Crippen molar-refractivity contribution in [3.63, 3.8) is 0 Å². The van der Waals surface area contributed by atoms with E-state index in [1.807, 2.05) is 24.3 Å². The number of aryl methyl sites for hydroxylation is 1. The van der Waals surface area contributed by atoms with Gasteiger partial charge in [-0.3, -0.25) is 0 Å². The SMILES string of the molecule is CCCNCc1cccc(Oc2cccc(CC)c2)c1. The van der Waals surface area contributed by atoms with Gasteiger partial charge >= 0.3 is 0 Å². The molecular formula is C18H23NO. The van der Waals surface area contributed by atoms with Gasteiger partial charge in [-0.15, -0.1) is 0 Å². The summed E-state index contributed by atoms with van der Waals surface area (Å²) < 4.78 is 5.94. The Kier molecular flexibility index (Phi) is 5.63. The molecule has 0 radical (unpaired) electrons. The Balaban J connectivity index is 2.03. The van der Waals surface area contributed by atoms with Crippen molar-refractivity contribution in [2.45, 2.75) is 33.2 Å². The molecule has 20 heavy (non-hydrogen) atoms. The normalized spacial score (nSPS) is 10.5. The Bertz CT molecular complexity index is 536. The number of hydrogen-bond acceptors (Lipinski definition) is 2. The summed E-state index contributed by atoms with van der Waals surface area (Å²) in [7, 11) is 0. The van der Waals surface area contributed by atoms with Gasteiger partial charge in [-0.2, -0.15) is 0 Å². The first kappa shape index (κ1) is 14.6. The highest BCUT2D eigenvalue weighted by molar-refractivity contribution is 5.35. The van der Waals surface area contributed by atoms with Gasteiger partial charge in [-0.05, 0) is 54.8 Å². The number of ether oxygens (including phenoxy) is 1. The molecule has 2 aromatic rings. The van der Waals surface area contributed by atoms with E-state index in [9.17, 15) is 0 Å². The largest absolute Gasteiger partial charge is 0.457 e. The minimum absolute atomic E-state index is 0.889. The first-order chi connectivity index (χ1) is 9.81. The third-order valence-electron chi connectivity index (χ3n) is 3.20. The van der Waals surface area contributed by atoms with Crippen molar-refractivity contribution >= 4 is 0 Å². The van der Waals surface area contributed by atoms with Gasteiger partial charge in [0.25, 0.3) is 0 Å². The molecular weight excluding hydrogens is 246 g/mol. The van der Waals surface area contributed by atoms with Crippen LogP contribution in [0.5, 0.6) is 11.5 Å². The molecule has 0 fully saturated rings. The lowest BCUT2D eigenvalue weighted by Gasteiger charge is -2.09. The maximum atomic E-state index is 5.94. The van der Waals surface area contributed by atoms with Crippen molar-refractivity contribution in [3.8, 4) is 11.5 Å². The summed E-state index contributed by atoms with van der Waals surface area (Å²) in [6.07, 6.45) is 2.18. The van der Waals surface area contributed by atoms with Gasteiger partial charge in [0.1, 0.15) is 11.5 Å². The maximum Gasteiger partial charge on any atom is 0.127 e. The van der Waals surface area contributed by atoms with E-state index in [0.717, 1.165) is 37.4 Å². The van der Waals surface area contributed by atoms with Gasteiger partial charge in [-0.25, -0.2) is 0 Å². The molecule has 0 spiro atoms. The summed E-state index contributed by atoms with van der Waals surface area (Å²) in [5, 5.41) is 3.41. The fourth-order valence-corrected chi connectivity index (χ4v) is 2.09. The Morgan fingerprint density at radius 1 is 0.900 bits per heavy atom. The van der Waals surface area contributed by atoms with E-state index < -0.39 is 0 Å². The Hall–Kier alpha value is -1.80. The quantitative estimate of drug-likeness (QED) is 0.745. The number of hydrogen-bond donors (Lipinski definition) is 1. The van der Waals surface area contributed by atoms with Gasteiger partial charge in [0.15, 0.2) is 0 Å². The minimum atomic E-state index is 0.889. The molecule has 0 saturated carbocycles. The third kappa shape index (κ3) is 4.39. The monoisotopic (exact) mass is 269 g/mol. The number of rotatable bonds is 7. The molecule has 1 N–H and O–H groups in total. The van der Waals surface area contributed by atoms with Crippen LogP contribution in [0.25, 0.3) is 0 Å². The van der Waals surface area contributed by atoms with Crippen LogP contribution >= 0.6 is 0 Å². The lowest BCUT2D eigenvalue weighted by Crippen LogP contribution is -2.13. The highest BCUT2D eigenvalue weighted by Gasteiger charge is 2.00. The standard InChI is InChI=1S/C18H23NO/c1-3-11-19-14-16-8-6-10-18(13-16)20-17-9-5-7-15(4-2)12-17/h5-10,12-13,19H,3-4,11,14H2,1-2H3. The van der Waals surface area contributed by atoms with Crippen molar-refractivity contribution in [1.29, 1.82) is 0 Å². The van der Waals surface area contributed by atoms with Crippen LogP contribution in [0.15, 0.2) is 48.5 Å². The highest BCUT2D eigenvalue weighted by Crippen LogP contribution is 2.23. The highest BCUT2D eigenvalue weighted by atomic mass is 16.5. The second-order valence-corrected chi connectivity index (χ2v) is 4.93. The topological polar surface area (TPSA) is 21.3 Å². The van der Waals surface area contributed by atoms with Crippen LogP contribution in [0.3, 0.4) is 0 Å². The molecule has 2 nitrogen and oxygen atoms in total. The predicted molar refractivity (Wildman–Crippen MR) is 84.3 cm³/mol. The number of benzene rings is 2. The van der Waals surface area contributed by atoms with Gasteiger partial charge < -0.3 is 10.1 Å². The summed E-state index contributed by atoms with van der Waals surface area (Å²) in [6, 6.07) is 16.5. The lowest BCUT2D eigenvalue weighted by molar-refractivity contribution is 0.481. The maximum absolute atomic E-state index is 5.94. The smallest absolute Gasteiger partial charge is 0.127 e. The van der Waals surface area contributed by atoms with Crippen molar-refractivity contribution in [2.75, 3.05) is 6.54 Å². The number of nitrogens with one attached hydrogen (secondary N) is 1. The van der Waals surface area contributed by atoms with Gasteiger partial charge in [0, 0.05) is 6.54 Å². The molecule has 0 amide bonds. The molecule has 0 atom stereocenters. The van der Waals surface area contributed by atoms with Crippen molar-refractivity contribution in [2.24, 2.45) is 0 Å². The molecule has 0 heterocycles. The first-order valence-corrected chi connectivity index (χ1v) is 7.38. The fourth-order valence-electron chi connectivity index (χ4n) is 2.09. The van der Waals surface area contributed by atoms with Crippen LogP contribution < -0.4 is 10.1 Å². The molecule has 0 aliphatic heterocycles. The second-order valence-electron chi connectivity index (χ2n) is 4.93. The van der Waals surface area contributed by atoms with Crippen molar-refractivity contribution in [1.82, 2.24) is 5.32 Å². The molecule has 2 heteroatoms. The Morgan fingerprint density at radius 3 is 2.20 bits per heavy atom. The van der Waals surface area contributed by atoms with E-state index >= 15 is 0 Å². The molecule has 0 aliphatic carbocycles. The summed E-state index contributed by atoms with van der Waals surface area (Å²) in [5.74, 6) is 1.80. The van der Waals surface area contributed by atoms with E-state index in [-0.39, 0.29) is 0 Å². The van der Waals surface area contributed by atoms with Crippen LogP contribution in [0.4, 0.5) is 0 Å². The van der Waals surface area contributed by atoms with E-state index in [2.05, 4.69) is 43.4 Å².